The summed E-state index contributed by atoms with van der Waals surface area (Å²) in [5.74, 6) is 1.08. The normalized spacial score (nSPS) is 12.5. The zero-order chi connectivity index (χ0) is 27.5. The first-order valence-electron chi connectivity index (χ1n) is 13.7. The van der Waals surface area contributed by atoms with Crippen LogP contribution in [0.3, 0.4) is 0 Å². The minimum Gasteiger partial charge on any atom is -0.137 e. The second kappa shape index (κ2) is 14.2. The van der Waals surface area contributed by atoms with E-state index in [-0.39, 0.29) is 0 Å². The van der Waals surface area contributed by atoms with Gasteiger partial charge in [0.25, 0.3) is 0 Å². The van der Waals surface area contributed by atoms with E-state index >= 15 is 0 Å². The van der Waals surface area contributed by atoms with E-state index in [0.717, 1.165) is 24.3 Å². The van der Waals surface area contributed by atoms with E-state index in [1.165, 1.54) is 62.6 Å². The molecule has 4 aromatic rings. The van der Waals surface area contributed by atoms with Gasteiger partial charge in [-0.15, -0.1) is 5.73 Å². The van der Waals surface area contributed by atoms with Gasteiger partial charge in [-0.1, -0.05) is 130 Å². The maximum Gasteiger partial charge on any atom is -0.00728 e. The first-order chi connectivity index (χ1) is 18.4. The van der Waals surface area contributed by atoms with Crippen molar-refractivity contribution in [3.8, 4) is 22.3 Å². The summed E-state index contributed by atoms with van der Waals surface area (Å²) in [4.78, 5) is 0. The summed E-state index contributed by atoms with van der Waals surface area (Å²) in [6.07, 6.45) is 7.30. The van der Waals surface area contributed by atoms with Crippen molar-refractivity contribution in [3.63, 3.8) is 0 Å². The van der Waals surface area contributed by atoms with Gasteiger partial charge in [-0.3, -0.25) is 0 Å². The predicted octanol–water partition coefficient (Wildman–Crippen LogP) is 11.5. The lowest BCUT2D eigenvalue weighted by Gasteiger charge is -2.16. The Morgan fingerprint density at radius 2 is 1.47 bits per heavy atom. The van der Waals surface area contributed by atoms with Crippen LogP contribution < -0.4 is 0 Å². The van der Waals surface area contributed by atoms with Crippen LogP contribution in [-0.2, 0) is 6.42 Å². The predicted molar refractivity (Wildman–Crippen MR) is 170 cm³/mol. The minimum atomic E-state index is 1.03. The SMILES string of the molecule is C=C(C)c1cccc(-c2cc(CC/C(C)=C/C)c3c(-c4ccccc4)cccc3c2)c1.C=C=C.CC1CC1. The van der Waals surface area contributed by atoms with E-state index in [2.05, 4.69) is 144 Å². The molecule has 0 spiro atoms. The maximum absolute atomic E-state index is 4.12. The molecule has 0 saturated heterocycles. The molecule has 0 aromatic heterocycles. The highest BCUT2D eigenvalue weighted by atomic mass is 14.2. The number of hydrogen-bond donors (Lipinski definition) is 0. The van der Waals surface area contributed by atoms with Gasteiger partial charge >= 0.3 is 0 Å². The topological polar surface area (TPSA) is 0 Å². The van der Waals surface area contributed by atoms with Crippen LogP contribution in [0.15, 0.2) is 122 Å². The lowest BCUT2D eigenvalue weighted by atomic mass is 9.88. The molecule has 194 valence electrons. The molecule has 0 radical (unpaired) electrons. The fraction of sp³-hybridized carbons (Fsp3) is 0.237. The summed E-state index contributed by atoms with van der Waals surface area (Å²) in [7, 11) is 0. The number of benzene rings is 4. The summed E-state index contributed by atoms with van der Waals surface area (Å²) in [5, 5.41) is 2.67. The molecule has 0 bridgehead atoms. The molecule has 0 unspecified atom stereocenters. The highest BCUT2D eigenvalue weighted by Gasteiger charge is 2.13. The van der Waals surface area contributed by atoms with Gasteiger partial charge in [0, 0.05) is 0 Å². The Hall–Kier alpha value is -3.86. The molecule has 5 rings (SSSR count). The van der Waals surface area contributed by atoms with Gasteiger partial charge in [0.05, 0.1) is 0 Å². The average molecular weight is 499 g/mol. The van der Waals surface area contributed by atoms with Crippen molar-refractivity contribution in [2.75, 3.05) is 0 Å². The molecular weight excluding hydrogens is 456 g/mol. The number of hydrogen-bond acceptors (Lipinski definition) is 0. The number of aryl methyl sites for hydroxylation is 1. The van der Waals surface area contributed by atoms with Gasteiger partial charge in [0.1, 0.15) is 0 Å². The van der Waals surface area contributed by atoms with E-state index in [9.17, 15) is 0 Å². The lowest BCUT2D eigenvalue weighted by molar-refractivity contribution is 0.946. The van der Waals surface area contributed by atoms with Crippen LogP contribution in [0, 0.1) is 5.92 Å². The molecule has 1 fully saturated rings. The molecular formula is C38H42. The molecule has 1 saturated carbocycles. The van der Waals surface area contributed by atoms with E-state index in [1.807, 2.05) is 0 Å². The van der Waals surface area contributed by atoms with Crippen LogP contribution in [0.2, 0.25) is 0 Å². The molecule has 1 aliphatic carbocycles. The van der Waals surface area contributed by atoms with Crippen molar-refractivity contribution < 1.29 is 0 Å². The summed E-state index contributed by atoms with van der Waals surface area (Å²) >= 11 is 0. The van der Waals surface area contributed by atoms with Gasteiger partial charge < -0.3 is 0 Å². The molecule has 0 aliphatic heterocycles. The van der Waals surface area contributed by atoms with Crippen molar-refractivity contribution in [1.82, 2.24) is 0 Å². The number of allylic oxidation sites excluding steroid dienone is 3. The van der Waals surface area contributed by atoms with Crippen LogP contribution in [0.5, 0.6) is 0 Å². The van der Waals surface area contributed by atoms with Gasteiger partial charge in [-0.2, -0.15) is 0 Å². The summed E-state index contributed by atoms with van der Waals surface area (Å²) in [6, 6.07) is 30.9. The fourth-order valence-electron chi connectivity index (χ4n) is 4.35. The highest BCUT2D eigenvalue weighted by Crippen LogP contribution is 2.36. The highest BCUT2D eigenvalue weighted by molar-refractivity contribution is 6.01. The smallest absolute Gasteiger partial charge is 0.00728 e. The quantitative estimate of drug-likeness (QED) is 0.183. The second-order valence-electron chi connectivity index (χ2n) is 10.3. The van der Waals surface area contributed by atoms with Crippen LogP contribution in [0.4, 0.5) is 0 Å². The molecule has 38 heavy (non-hydrogen) atoms. The zero-order valence-corrected chi connectivity index (χ0v) is 23.7. The molecule has 0 nitrogen and oxygen atoms in total. The Kier molecular flexibility index (Phi) is 10.7. The minimum absolute atomic E-state index is 1.03. The summed E-state index contributed by atoms with van der Waals surface area (Å²) in [6.45, 7) is 19.1. The molecule has 0 heteroatoms. The van der Waals surface area contributed by atoms with Crippen molar-refractivity contribution in [2.45, 2.75) is 53.4 Å². The van der Waals surface area contributed by atoms with Gasteiger partial charge in [-0.25, -0.2) is 0 Å². The van der Waals surface area contributed by atoms with E-state index in [4.69, 9.17) is 0 Å². The summed E-state index contributed by atoms with van der Waals surface area (Å²) in [5.41, 5.74) is 12.5. The monoisotopic (exact) mass is 498 g/mol. The first kappa shape index (κ1) is 28.7. The average Bonchev–Trinajstić information content (AvgIpc) is 3.74. The molecule has 1 aliphatic rings. The standard InChI is InChI=1S/C31H30.C4H8.C3H4/c1-5-23(4)17-18-28-21-29(26-14-9-13-25(19-26)22(2)3)20-27-15-10-16-30(31(27)28)24-11-7-6-8-12-24;1-4-2-3-4;1-3-2/h5-16,19-21H,2,17-18H2,1,3-4H3;4H,2-3H2,1H3;1-2H2/b23-5+;;. The van der Waals surface area contributed by atoms with E-state index in [1.54, 1.807) is 0 Å². The Labute approximate surface area is 230 Å². The van der Waals surface area contributed by atoms with Crippen LogP contribution in [-0.4, -0.2) is 0 Å². The van der Waals surface area contributed by atoms with Crippen LogP contribution >= 0.6 is 0 Å². The van der Waals surface area contributed by atoms with Crippen molar-refractivity contribution in [3.05, 3.63) is 133 Å². The zero-order valence-electron chi connectivity index (χ0n) is 23.7. The first-order valence-corrected chi connectivity index (χ1v) is 13.7. The Morgan fingerprint density at radius 3 is 2.08 bits per heavy atom. The van der Waals surface area contributed by atoms with Gasteiger partial charge in [0.2, 0.25) is 0 Å². The maximum atomic E-state index is 4.12. The molecule has 4 aromatic carbocycles. The lowest BCUT2D eigenvalue weighted by Crippen LogP contribution is -1.94. The van der Waals surface area contributed by atoms with E-state index in [0.29, 0.717) is 0 Å². The molecule has 0 atom stereocenters. The Bertz CT molecular complexity index is 1420. The Balaban J connectivity index is 0.000000503. The molecule has 0 amide bonds. The third-order valence-corrected chi connectivity index (χ3v) is 6.98. The van der Waals surface area contributed by atoms with Crippen LogP contribution in [0.25, 0.3) is 38.6 Å². The van der Waals surface area contributed by atoms with Crippen molar-refractivity contribution >= 4 is 16.3 Å². The van der Waals surface area contributed by atoms with Crippen molar-refractivity contribution in [2.24, 2.45) is 5.92 Å². The molecule has 0 heterocycles. The van der Waals surface area contributed by atoms with Gasteiger partial charge in [-0.05, 0) is 95.8 Å². The van der Waals surface area contributed by atoms with E-state index < -0.39 is 0 Å². The third-order valence-electron chi connectivity index (χ3n) is 6.98. The number of rotatable bonds is 6. The fourth-order valence-corrected chi connectivity index (χ4v) is 4.35. The third kappa shape index (κ3) is 8.07. The Morgan fingerprint density at radius 1 is 0.842 bits per heavy atom. The summed E-state index contributed by atoms with van der Waals surface area (Å²) < 4.78 is 0. The number of fused-ring (bicyclic) bond motifs is 1. The largest absolute Gasteiger partial charge is 0.137 e. The van der Waals surface area contributed by atoms with Crippen LogP contribution in [0.1, 0.15) is 58.1 Å². The van der Waals surface area contributed by atoms with Gasteiger partial charge in [0.15, 0.2) is 0 Å². The second-order valence-corrected chi connectivity index (χ2v) is 10.3. The van der Waals surface area contributed by atoms with Crippen molar-refractivity contribution in [1.29, 1.82) is 0 Å². The molecule has 0 N–H and O–H groups in total.